The predicted molar refractivity (Wildman–Crippen MR) is 53.6 cm³/mol. The molecule has 0 aromatic carbocycles. The molecule has 1 atom stereocenters. The van der Waals surface area contributed by atoms with Crippen molar-refractivity contribution < 1.29 is 0 Å². The third-order valence-electron chi connectivity index (χ3n) is 2.48. The number of nitrogens with zero attached hydrogens (tertiary/aromatic N) is 2. The molecule has 13 heavy (non-hydrogen) atoms. The summed E-state index contributed by atoms with van der Waals surface area (Å²) in [6.45, 7) is 2.66. The van der Waals surface area contributed by atoms with Gasteiger partial charge >= 0.3 is 0 Å². The SMILES string of the molecule is CC1(c2n[nH]c(CN)n2)CCSC1. The molecule has 0 saturated carbocycles. The Balaban J connectivity index is 2.23. The Morgan fingerprint density at radius 3 is 3.08 bits per heavy atom. The molecule has 1 aliphatic rings. The van der Waals surface area contributed by atoms with Gasteiger partial charge in [0.1, 0.15) is 5.82 Å². The summed E-state index contributed by atoms with van der Waals surface area (Å²) in [7, 11) is 0. The second kappa shape index (κ2) is 3.31. The van der Waals surface area contributed by atoms with E-state index in [2.05, 4.69) is 22.1 Å². The molecule has 1 aliphatic heterocycles. The molecule has 0 radical (unpaired) electrons. The average Bonchev–Trinajstić information content (AvgIpc) is 2.72. The number of rotatable bonds is 2. The van der Waals surface area contributed by atoms with Crippen molar-refractivity contribution in [1.82, 2.24) is 15.2 Å². The highest BCUT2D eigenvalue weighted by atomic mass is 32.2. The number of H-pyrrole nitrogens is 1. The standard InChI is InChI=1S/C8H14N4S/c1-8(2-3-13-5-8)7-10-6(4-9)11-12-7/h2-5,9H2,1H3,(H,10,11,12). The number of thioether (sulfide) groups is 1. The minimum Gasteiger partial charge on any atom is -0.324 e. The Morgan fingerprint density at radius 2 is 2.54 bits per heavy atom. The van der Waals surface area contributed by atoms with Gasteiger partial charge in [-0.1, -0.05) is 6.92 Å². The van der Waals surface area contributed by atoms with E-state index in [0.717, 1.165) is 17.4 Å². The minimum atomic E-state index is 0.161. The van der Waals surface area contributed by atoms with Gasteiger partial charge in [-0.25, -0.2) is 4.98 Å². The van der Waals surface area contributed by atoms with E-state index in [9.17, 15) is 0 Å². The maximum Gasteiger partial charge on any atom is 0.157 e. The third-order valence-corrected chi connectivity index (χ3v) is 3.82. The highest BCUT2D eigenvalue weighted by molar-refractivity contribution is 7.99. The zero-order chi connectivity index (χ0) is 9.31. The van der Waals surface area contributed by atoms with Crippen LogP contribution in [0.25, 0.3) is 0 Å². The van der Waals surface area contributed by atoms with E-state index in [1.807, 2.05) is 11.8 Å². The van der Waals surface area contributed by atoms with Gasteiger partial charge in [0.2, 0.25) is 0 Å². The predicted octanol–water partition coefficient (Wildman–Crippen LogP) is 0.658. The smallest absolute Gasteiger partial charge is 0.157 e. The van der Waals surface area contributed by atoms with Crippen LogP contribution < -0.4 is 5.73 Å². The first-order valence-electron chi connectivity index (χ1n) is 4.44. The molecule has 2 heterocycles. The molecule has 0 amide bonds. The molecular formula is C8H14N4S. The van der Waals surface area contributed by atoms with Gasteiger partial charge < -0.3 is 5.73 Å². The van der Waals surface area contributed by atoms with Crippen LogP contribution in [0.2, 0.25) is 0 Å². The third kappa shape index (κ3) is 1.58. The van der Waals surface area contributed by atoms with Crippen LogP contribution in [0.5, 0.6) is 0 Å². The van der Waals surface area contributed by atoms with Crippen molar-refractivity contribution in [3.05, 3.63) is 11.6 Å². The quantitative estimate of drug-likeness (QED) is 0.732. The van der Waals surface area contributed by atoms with Crippen molar-refractivity contribution >= 4 is 11.8 Å². The van der Waals surface area contributed by atoms with Crippen LogP contribution in [-0.2, 0) is 12.0 Å². The first-order chi connectivity index (χ1) is 6.24. The van der Waals surface area contributed by atoms with Crippen LogP contribution in [0.3, 0.4) is 0 Å². The summed E-state index contributed by atoms with van der Waals surface area (Å²) in [6, 6.07) is 0. The van der Waals surface area contributed by atoms with Gasteiger partial charge in [0.15, 0.2) is 5.82 Å². The lowest BCUT2D eigenvalue weighted by Crippen LogP contribution is -2.22. The van der Waals surface area contributed by atoms with Gasteiger partial charge in [0.05, 0.1) is 6.54 Å². The lowest BCUT2D eigenvalue weighted by Gasteiger charge is -2.17. The maximum absolute atomic E-state index is 5.47. The summed E-state index contributed by atoms with van der Waals surface area (Å²) in [5.41, 5.74) is 5.63. The van der Waals surface area contributed by atoms with Crippen molar-refractivity contribution in [2.45, 2.75) is 25.3 Å². The average molecular weight is 198 g/mol. The van der Waals surface area contributed by atoms with Gasteiger partial charge in [0.25, 0.3) is 0 Å². The Labute approximate surface area is 81.7 Å². The summed E-state index contributed by atoms with van der Waals surface area (Å²) < 4.78 is 0. The largest absolute Gasteiger partial charge is 0.324 e. The molecule has 1 fully saturated rings. The van der Waals surface area contributed by atoms with Crippen LogP contribution in [0.1, 0.15) is 25.0 Å². The van der Waals surface area contributed by atoms with E-state index in [4.69, 9.17) is 5.73 Å². The number of nitrogens with one attached hydrogen (secondary N) is 1. The van der Waals surface area contributed by atoms with Crippen LogP contribution in [0.4, 0.5) is 0 Å². The van der Waals surface area contributed by atoms with Gasteiger partial charge in [-0.2, -0.15) is 16.9 Å². The fourth-order valence-electron chi connectivity index (χ4n) is 1.50. The molecule has 3 N–H and O–H groups in total. The summed E-state index contributed by atoms with van der Waals surface area (Å²) in [5, 5.41) is 7.07. The molecule has 4 nitrogen and oxygen atoms in total. The highest BCUT2D eigenvalue weighted by Gasteiger charge is 2.34. The van der Waals surface area contributed by atoms with Crippen LogP contribution in [0.15, 0.2) is 0 Å². The van der Waals surface area contributed by atoms with E-state index in [-0.39, 0.29) is 5.41 Å². The minimum absolute atomic E-state index is 0.161. The summed E-state index contributed by atoms with van der Waals surface area (Å²) in [6.07, 6.45) is 1.17. The number of aromatic amines is 1. The summed E-state index contributed by atoms with van der Waals surface area (Å²) in [5.74, 6) is 4.05. The Hall–Kier alpha value is -0.550. The first kappa shape index (κ1) is 9.02. The lowest BCUT2D eigenvalue weighted by molar-refractivity contribution is 0.505. The molecular weight excluding hydrogens is 184 g/mol. The molecule has 1 aromatic heterocycles. The number of aromatic nitrogens is 3. The summed E-state index contributed by atoms with van der Waals surface area (Å²) in [4.78, 5) is 4.38. The van der Waals surface area contributed by atoms with Crippen molar-refractivity contribution in [3.8, 4) is 0 Å². The van der Waals surface area contributed by atoms with Crippen molar-refractivity contribution in [2.24, 2.45) is 5.73 Å². The number of hydrogen-bond donors (Lipinski definition) is 2. The molecule has 0 bridgehead atoms. The number of hydrogen-bond acceptors (Lipinski definition) is 4. The zero-order valence-corrected chi connectivity index (χ0v) is 8.52. The van der Waals surface area contributed by atoms with Gasteiger partial charge in [-0.15, -0.1) is 0 Å². The van der Waals surface area contributed by atoms with E-state index >= 15 is 0 Å². The van der Waals surface area contributed by atoms with Gasteiger partial charge in [0, 0.05) is 11.2 Å². The van der Waals surface area contributed by atoms with Gasteiger partial charge in [-0.05, 0) is 12.2 Å². The molecule has 0 aliphatic carbocycles. The molecule has 5 heteroatoms. The lowest BCUT2D eigenvalue weighted by atomic mass is 9.89. The molecule has 72 valence electrons. The Bertz CT molecular complexity index is 290. The first-order valence-corrected chi connectivity index (χ1v) is 5.60. The Morgan fingerprint density at radius 1 is 1.69 bits per heavy atom. The second-order valence-electron chi connectivity index (χ2n) is 3.67. The van der Waals surface area contributed by atoms with Crippen molar-refractivity contribution in [3.63, 3.8) is 0 Å². The van der Waals surface area contributed by atoms with Crippen LogP contribution in [-0.4, -0.2) is 26.7 Å². The molecule has 1 unspecified atom stereocenters. The van der Waals surface area contributed by atoms with Gasteiger partial charge in [-0.3, -0.25) is 5.10 Å². The molecule has 2 rings (SSSR count). The molecule has 0 spiro atoms. The zero-order valence-electron chi connectivity index (χ0n) is 7.71. The van der Waals surface area contributed by atoms with E-state index < -0.39 is 0 Å². The fraction of sp³-hybridized carbons (Fsp3) is 0.750. The maximum atomic E-state index is 5.47. The van der Waals surface area contributed by atoms with Crippen molar-refractivity contribution in [2.75, 3.05) is 11.5 Å². The second-order valence-corrected chi connectivity index (χ2v) is 4.78. The molecule has 1 saturated heterocycles. The fourth-order valence-corrected chi connectivity index (χ4v) is 2.96. The van der Waals surface area contributed by atoms with Crippen molar-refractivity contribution in [1.29, 1.82) is 0 Å². The highest BCUT2D eigenvalue weighted by Crippen LogP contribution is 2.36. The topological polar surface area (TPSA) is 67.6 Å². The Kier molecular flexibility index (Phi) is 2.29. The normalized spacial score (nSPS) is 28.2. The van der Waals surface area contributed by atoms with Crippen LogP contribution in [0, 0.1) is 0 Å². The number of nitrogens with two attached hydrogens (primary N) is 1. The van der Waals surface area contributed by atoms with E-state index in [1.54, 1.807) is 0 Å². The summed E-state index contributed by atoms with van der Waals surface area (Å²) >= 11 is 1.97. The van der Waals surface area contributed by atoms with E-state index in [0.29, 0.717) is 6.54 Å². The van der Waals surface area contributed by atoms with Crippen LogP contribution >= 0.6 is 11.8 Å². The van der Waals surface area contributed by atoms with E-state index in [1.165, 1.54) is 12.2 Å². The monoisotopic (exact) mass is 198 g/mol. The molecule has 1 aromatic rings.